The lowest BCUT2D eigenvalue weighted by molar-refractivity contribution is -0.123. The van der Waals surface area contributed by atoms with Gasteiger partial charge in [0.1, 0.15) is 5.75 Å². The van der Waals surface area contributed by atoms with Crippen LogP contribution in [0.25, 0.3) is 0 Å². The highest BCUT2D eigenvalue weighted by molar-refractivity contribution is 5.94. The molecule has 1 aliphatic heterocycles. The summed E-state index contributed by atoms with van der Waals surface area (Å²) in [5, 5.41) is 3.00. The van der Waals surface area contributed by atoms with Crippen LogP contribution in [0.4, 0.5) is 0 Å². The number of amides is 1. The maximum atomic E-state index is 12.0. The molecule has 0 spiro atoms. The van der Waals surface area contributed by atoms with Crippen LogP contribution in [0.3, 0.4) is 0 Å². The van der Waals surface area contributed by atoms with Gasteiger partial charge >= 0.3 is 0 Å². The molecule has 1 aliphatic carbocycles. The number of Topliss-reactive ketones (excluding diaryl/α,β-unsaturated/α-hetero) is 1. The predicted molar refractivity (Wildman–Crippen MR) is 102 cm³/mol. The molecule has 1 aromatic carbocycles. The number of hydrogen-bond acceptors (Lipinski definition) is 4. The third-order valence-electron chi connectivity index (χ3n) is 5.63. The molecule has 0 unspecified atom stereocenters. The minimum Gasteiger partial charge on any atom is -0.484 e. The van der Waals surface area contributed by atoms with Gasteiger partial charge in [0.05, 0.1) is 0 Å². The number of ketones is 1. The minimum atomic E-state index is -0.0863. The molecule has 1 N–H and O–H groups in total. The summed E-state index contributed by atoms with van der Waals surface area (Å²) < 4.78 is 5.50. The van der Waals surface area contributed by atoms with Crippen LogP contribution in [0.5, 0.6) is 5.75 Å². The lowest BCUT2D eigenvalue weighted by Crippen LogP contribution is -2.37. The highest BCUT2D eigenvalue weighted by atomic mass is 16.5. The largest absolute Gasteiger partial charge is 0.484 e. The lowest BCUT2D eigenvalue weighted by atomic mass is 9.94. The molecule has 1 saturated heterocycles. The van der Waals surface area contributed by atoms with Gasteiger partial charge in [-0.2, -0.15) is 0 Å². The summed E-state index contributed by atoms with van der Waals surface area (Å²) in [6.07, 6.45) is 7.98. The Labute approximate surface area is 156 Å². The number of nitrogens with zero attached hydrogens (tertiary/aromatic N) is 1. The molecule has 0 radical (unpaired) electrons. The molecule has 5 heteroatoms. The number of benzene rings is 1. The van der Waals surface area contributed by atoms with Gasteiger partial charge in [0.2, 0.25) is 0 Å². The Balaban J connectivity index is 1.34. The van der Waals surface area contributed by atoms with E-state index in [1.165, 1.54) is 52.0 Å². The zero-order chi connectivity index (χ0) is 18.4. The molecule has 0 aromatic heterocycles. The fourth-order valence-electron chi connectivity index (χ4n) is 4.05. The summed E-state index contributed by atoms with van der Waals surface area (Å²) >= 11 is 0. The molecule has 0 bridgehead atoms. The van der Waals surface area contributed by atoms with E-state index in [1.54, 1.807) is 24.3 Å². The fraction of sp³-hybridized carbons (Fsp3) is 0.619. The van der Waals surface area contributed by atoms with Crippen molar-refractivity contribution in [1.29, 1.82) is 0 Å². The maximum absolute atomic E-state index is 12.0. The molecule has 142 valence electrons. The first kappa shape index (κ1) is 18.9. The Morgan fingerprint density at radius 1 is 1.12 bits per heavy atom. The smallest absolute Gasteiger partial charge is 0.257 e. The van der Waals surface area contributed by atoms with Crippen molar-refractivity contribution in [2.24, 2.45) is 5.92 Å². The van der Waals surface area contributed by atoms with Gasteiger partial charge in [0.25, 0.3) is 5.91 Å². The van der Waals surface area contributed by atoms with Gasteiger partial charge in [-0.15, -0.1) is 0 Å². The van der Waals surface area contributed by atoms with Gasteiger partial charge in [0, 0.05) is 24.7 Å². The van der Waals surface area contributed by atoms with Gasteiger partial charge in [-0.3, -0.25) is 9.59 Å². The molecule has 1 atom stereocenters. The molecule has 1 heterocycles. The van der Waals surface area contributed by atoms with Crippen molar-refractivity contribution in [3.05, 3.63) is 29.8 Å². The Morgan fingerprint density at radius 2 is 1.85 bits per heavy atom. The van der Waals surface area contributed by atoms with Gasteiger partial charge in [0.15, 0.2) is 12.4 Å². The summed E-state index contributed by atoms with van der Waals surface area (Å²) in [6.45, 7) is 4.55. The molecule has 1 aromatic rings. The maximum Gasteiger partial charge on any atom is 0.257 e. The summed E-state index contributed by atoms with van der Waals surface area (Å²) in [7, 11) is 0. The molecule has 1 amide bonds. The third-order valence-corrected chi connectivity index (χ3v) is 5.63. The monoisotopic (exact) mass is 358 g/mol. The molecule has 2 fully saturated rings. The first-order chi connectivity index (χ1) is 12.6. The SMILES string of the molecule is CC(=O)c1ccc(OCC(=O)NC[C@@H]2CCN(C3CCCCC3)C2)cc1. The zero-order valence-corrected chi connectivity index (χ0v) is 15.7. The number of ether oxygens (including phenoxy) is 1. The van der Waals surface area contributed by atoms with E-state index < -0.39 is 0 Å². The molecule has 2 aliphatic rings. The summed E-state index contributed by atoms with van der Waals surface area (Å²) in [5.41, 5.74) is 0.644. The van der Waals surface area contributed by atoms with Crippen LogP contribution in [0.1, 0.15) is 55.8 Å². The third kappa shape index (κ3) is 5.31. The second-order valence-electron chi connectivity index (χ2n) is 7.61. The van der Waals surface area contributed by atoms with Crippen LogP contribution in [-0.2, 0) is 4.79 Å². The van der Waals surface area contributed by atoms with E-state index in [4.69, 9.17) is 4.74 Å². The summed E-state index contributed by atoms with van der Waals surface area (Å²) in [6, 6.07) is 7.65. The average Bonchev–Trinajstić information content (AvgIpc) is 3.15. The van der Waals surface area contributed by atoms with Crippen LogP contribution < -0.4 is 10.1 Å². The van der Waals surface area contributed by atoms with E-state index >= 15 is 0 Å². The van der Waals surface area contributed by atoms with Crippen molar-refractivity contribution in [2.75, 3.05) is 26.2 Å². The lowest BCUT2D eigenvalue weighted by Gasteiger charge is -2.31. The predicted octanol–water partition coefficient (Wildman–Crippen LogP) is 3.04. The number of carbonyl (C=O) groups is 2. The number of rotatable bonds is 7. The standard InChI is InChI=1S/C21H30N2O3/c1-16(24)18-7-9-20(10-8-18)26-15-21(25)22-13-17-11-12-23(14-17)19-5-3-2-4-6-19/h7-10,17,19H,2-6,11-15H2,1H3,(H,22,25)/t17-/m0/s1. The molecular weight excluding hydrogens is 328 g/mol. The summed E-state index contributed by atoms with van der Waals surface area (Å²) in [5.74, 6) is 1.09. The van der Waals surface area contributed by atoms with Gasteiger partial charge < -0.3 is 15.0 Å². The Hall–Kier alpha value is -1.88. The van der Waals surface area contributed by atoms with E-state index in [1.807, 2.05) is 0 Å². The van der Waals surface area contributed by atoms with Gasteiger partial charge in [-0.25, -0.2) is 0 Å². The van der Waals surface area contributed by atoms with Gasteiger partial charge in [-0.05, 0) is 62.9 Å². The van der Waals surface area contributed by atoms with Crippen molar-refractivity contribution in [1.82, 2.24) is 10.2 Å². The van der Waals surface area contributed by atoms with Gasteiger partial charge in [-0.1, -0.05) is 19.3 Å². The highest BCUT2D eigenvalue weighted by Crippen LogP contribution is 2.27. The van der Waals surface area contributed by atoms with Crippen LogP contribution in [-0.4, -0.2) is 48.9 Å². The van der Waals surface area contributed by atoms with E-state index in [2.05, 4.69) is 10.2 Å². The Kier molecular flexibility index (Phi) is 6.67. The van der Waals surface area contributed by atoms with Crippen molar-refractivity contribution >= 4 is 11.7 Å². The number of carbonyl (C=O) groups excluding carboxylic acids is 2. The van der Waals surface area contributed by atoms with Crippen LogP contribution in [0.2, 0.25) is 0 Å². The molecule has 5 nitrogen and oxygen atoms in total. The summed E-state index contributed by atoms with van der Waals surface area (Å²) in [4.78, 5) is 25.9. The minimum absolute atomic E-state index is 0.0124. The fourth-order valence-corrected chi connectivity index (χ4v) is 4.05. The van der Waals surface area contributed by atoms with Crippen molar-refractivity contribution in [3.63, 3.8) is 0 Å². The van der Waals surface area contributed by atoms with Crippen molar-refractivity contribution < 1.29 is 14.3 Å². The van der Waals surface area contributed by atoms with Crippen LogP contribution in [0, 0.1) is 5.92 Å². The number of likely N-dealkylation sites (tertiary alicyclic amines) is 1. The topological polar surface area (TPSA) is 58.6 Å². The number of hydrogen-bond donors (Lipinski definition) is 1. The van der Waals surface area contributed by atoms with Crippen LogP contribution in [0.15, 0.2) is 24.3 Å². The first-order valence-electron chi connectivity index (χ1n) is 9.86. The second kappa shape index (κ2) is 9.17. The molecule has 26 heavy (non-hydrogen) atoms. The van der Waals surface area contributed by atoms with Crippen molar-refractivity contribution in [3.8, 4) is 5.75 Å². The second-order valence-corrected chi connectivity index (χ2v) is 7.61. The number of nitrogens with one attached hydrogen (secondary N) is 1. The Morgan fingerprint density at radius 3 is 2.54 bits per heavy atom. The molecular formula is C21H30N2O3. The quantitative estimate of drug-likeness (QED) is 0.761. The molecule has 3 rings (SSSR count). The van der Waals surface area contributed by atoms with E-state index in [9.17, 15) is 9.59 Å². The van der Waals surface area contributed by atoms with Crippen LogP contribution >= 0.6 is 0 Å². The highest BCUT2D eigenvalue weighted by Gasteiger charge is 2.29. The average molecular weight is 358 g/mol. The Bertz CT molecular complexity index is 608. The first-order valence-corrected chi connectivity index (χ1v) is 9.86. The van der Waals surface area contributed by atoms with E-state index in [0.29, 0.717) is 17.2 Å². The van der Waals surface area contributed by atoms with Crippen molar-refractivity contribution in [2.45, 2.75) is 51.5 Å². The van der Waals surface area contributed by atoms with E-state index in [-0.39, 0.29) is 18.3 Å². The normalized spacial score (nSPS) is 21.5. The van der Waals surface area contributed by atoms with E-state index in [0.717, 1.165) is 19.1 Å². The zero-order valence-electron chi connectivity index (χ0n) is 15.7. The molecule has 1 saturated carbocycles.